The van der Waals surface area contributed by atoms with Crippen molar-refractivity contribution in [3.63, 3.8) is 0 Å². The first-order chi connectivity index (χ1) is 8.26. The van der Waals surface area contributed by atoms with E-state index < -0.39 is 8.80 Å². The van der Waals surface area contributed by atoms with Crippen molar-refractivity contribution >= 4 is 20.6 Å². The van der Waals surface area contributed by atoms with Gasteiger partial charge in [-0.1, -0.05) is 0 Å². The first-order valence-electron chi connectivity index (χ1n) is 5.69. The molecule has 102 valence electrons. The minimum absolute atomic E-state index is 0.259. The van der Waals surface area contributed by atoms with E-state index in [4.69, 9.17) is 22.8 Å². The molecule has 0 aliphatic carbocycles. The highest BCUT2D eigenvalue weighted by atomic mass is 32.2. The zero-order valence-corrected chi connectivity index (χ0v) is 12.6. The van der Waals surface area contributed by atoms with E-state index in [9.17, 15) is 0 Å². The molecule has 0 bridgehead atoms. The second-order valence-electron chi connectivity index (χ2n) is 3.75. The molecule has 0 spiro atoms. The first kappa shape index (κ1) is 15.4. The second kappa shape index (κ2) is 8.47. The molecule has 0 amide bonds. The molecule has 1 aliphatic rings. The van der Waals surface area contributed by atoms with Crippen LogP contribution in [0.1, 0.15) is 6.42 Å². The van der Waals surface area contributed by atoms with E-state index in [1.807, 2.05) is 0 Å². The fraction of sp³-hybridized carbons (Fsp3) is 1.00. The van der Waals surface area contributed by atoms with Gasteiger partial charge in [-0.15, -0.1) is 11.8 Å². The third kappa shape index (κ3) is 5.25. The van der Waals surface area contributed by atoms with Crippen molar-refractivity contribution in [3.05, 3.63) is 0 Å². The Balaban J connectivity index is 2.05. The highest BCUT2D eigenvalue weighted by Crippen LogP contribution is 2.17. The van der Waals surface area contributed by atoms with Gasteiger partial charge in [0.05, 0.1) is 18.6 Å². The smallest absolute Gasteiger partial charge is 0.379 e. The quantitative estimate of drug-likeness (QED) is 0.470. The van der Waals surface area contributed by atoms with Gasteiger partial charge in [-0.25, -0.2) is 0 Å². The van der Waals surface area contributed by atoms with Crippen LogP contribution in [0, 0.1) is 0 Å². The van der Waals surface area contributed by atoms with Crippen LogP contribution in [0.3, 0.4) is 0 Å². The zero-order valence-electron chi connectivity index (χ0n) is 10.8. The largest absolute Gasteiger partial charge is 0.500 e. The topological polar surface area (TPSA) is 46.2 Å². The van der Waals surface area contributed by atoms with Gasteiger partial charge in [0.25, 0.3) is 0 Å². The summed E-state index contributed by atoms with van der Waals surface area (Å²) >= 11 is 1.81. The van der Waals surface area contributed by atoms with E-state index >= 15 is 0 Å². The second-order valence-corrected chi connectivity index (χ2v) is 7.82. The molecule has 1 atom stereocenters. The Kier molecular flexibility index (Phi) is 7.68. The molecule has 17 heavy (non-hydrogen) atoms. The maximum Gasteiger partial charge on any atom is 0.500 e. The summed E-state index contributed by atoms with van der Waals surface area (Å²) < 4.78 is 27.0. The van der Waals surface area contributed by atoms with Crippen LogP contribution in [0.25, 0.3) is 0 Å². The van der Waals surface area contributed by atoms with Crippen molar-refractivity contribution in [2.45, 2.75) is 18.6 Å². The highest BCUT2D eigenvalue weighted by molar-refractivity contribution is 7.99. The standard InChI is InChI=1S/C10H22O5SSi/c1-11-17(12-2,13-3)6-4-5-14-7-10-8-16-9-15-10/h10H,4-9H2,1-3H3. The molecule has 1 heterocycles. The molecule has 5 nitrogen and oxygen atoms in total. The van der Waals surface area contributed by atoms with Gasteiger partial charge in [0.15, 0.2) is 0 Å². The normalized spacial score (nSPS) is 21.0. The Hall–Kier alpha value is 0.367. The molecule has 1 aliphatic heterocycles. The van der Waals surface area contributed by atoms with E-state index in [-0.39, 0.29) is 6.10 Å². The van der Waals surface area contributed by atoms with Crippen molar-refractivity contribution < 1.29 is 22.8 Å². The average Bonchev–Trinajstić information content (AvgIpc) is 2.88. The number of hydrogen-bond donors (Lipinski definition) is 0. The molecule has 0 aromatic rings. The molecule has 1 unspecified atom stereocenters. The lowest BCUT2D eigenvalue weighted by molar-refractivity contribution is 0.0221. The van der Waals surface area contributed by atoms with Gasteiger partial charge in [0.1, 0.15) is 0 Å². The van der Waals surface area contributed by atoms with Crippen LogP contribution in [-0.2, 0) is 22.8 Å². The minimum atomic E-state index is -2.41. The predicted molar refractivity (Wildman–Crippen MR) is 69.2 cm³/mol. The Bertz CT molecular complexity index is 189. The van der Waals surface area contributed by atoms with E-state index in [1.54, 1.807) is 33.1 Å². The Morgan fingerprint density at radius 1 is 1.24 bits per heavy atom. The lowest BCUT2D eigenvalue weighted by atomic mass is 10.4. The maximum absolute atomic E-state index is 5.56. The van der Waals surface area contributed by atoms with Crippen molar-refractivity contribution in [1.29, 1.82) is 0 Å². The van der Waals surface area contributed by atoms with Gasteiger partial charge in [-0.2, -0.15) is 0 Å². The van der Waals surface area contributed by atoms with E-state index in [0.717, 1.165) is 24.2 Å². The molecule has 0 aromatic heterocycles. The number of hydrogen-bond acceptors (Lipinski definition) is 6. The predicted octanol–water partition coefficient (Wildman–Crippen LogP) is 1.36. The lowest BCUT2D eigenvalue weighted by Gasteiger charge is -2.24. The van der Waals surface area contributed by atoms with Gasteiger partial charge in [0.2, 0.25) is 0 Å². The fourth-order valence-corrected chi connectivity index (χ4v) is 4.16. The van der Waals surface area contributed by atoms with Crippen LogP contribution in [0.15, 0.2) is 0 Å². The van der Waals surface area contributed by atoms with Gasteiger partial charge in [-0.05, 0) is 6.42 Å². The first-order valence-corrected chi connectivity index (χ1v) is 8.77. The van der Waals surface area contributed by atoms with Crippen LogP contribution in [-0.4, -0.2) is 61.1 Å². The minimum Gasteiger partial charge on any atom is -0.379 e. The zero-order chi connectivity index (χ0) is 12.6. The van der Waals surface area contributed by atoms with Crippen molar-refractivity contribution in [2.24, 2.45) is 0 Å². The number of thioether (sulfide) groups is 1. The molecular weight excluding hydrogens is 260 g/mol. The summed E-state index contributed by atoms with van der Waals surface area (Å²) in [4.78, 5) is 0. The molecule has 1 saturated heterocycles. The Labute approximate surface area is 108 Å². The monoisotopic (exact) mass is 282 g/mol. The lowest BCUT2D eigenvalue weighted by Crippen LogP contribution is -2.42. The van der Waals surface area contributed by atoms with Crippen molar-refractivity contribution in [3.8, 4) is 0 Å². The summed E-state index contributed by atoms with van der Waals surface area (Å²) in [5.74, 6) is 1.83. The van der Waals surface area contributed by atoms with Crippen molar-refractivity contribution in [2.75, 3.05) is 46.2 Å². The summed E-state index contributed by atoms with van der Waals surface area (Å²) in [6, 6.07) is 0.775. The van der Waals surface area contributed by atoms with E-state index in [2.05, 4.69) is 0 Å². The molecular formula is C10H22O5SSi. The van der Waals surface area contributed by atoms with Crippen LogP contribution in [0.4, 0.5) is 0 Å². The van der Waals surface area contributed by atoms with Crippen molar-refractivity contribution in [1.82, 2.24) is 0 Å². The van der Waals surface area contributed by atoms with Crippen LogP contribution >= 0.6 is 11.8 Å². The average molecular weight is 282 g/mol. The molecule has 0 N–H and O–H groups in total. The molecule has 0 saturated carbocycles. The third-order valence-corrected chi connectivity index (χ3v) is 6.44. The summed E-state index contributed by atoms with van der Waals surface area (Å²) in [6.45, 7) is 1.36. The van der Waals surface area contributed by atoms with E-state index in [1.165, 1.54) is 0 Å². The van der Waals surface area contributed by atoms with Gasteiger partial charge >= 0.3 is 8.80 Å². The molecule has 1 rings (SSSR count). The Morgan fingerprint density at radius 2 is 1.94 bits per heavy atom. The fourth-order valence-electron chi connectivity index (χ4n) is 1.63. The molecule has 0 radical (unpaired) electrons. The van der Waals surface area contributed by atoms with Crippen LogP contribution in [0.5, 0.6) is 0 Å². The Morgan fingerprint density at radius 3 is 2.47 bits per heavy atom. The summed E-state index contributed by atoms with van der Waals surface area (Å²) in [6.07, 6.45) is 1.14. The number of ether oxygens (including phenoxy) is 2. The summed E-state index contributed by atoms with van der Waals surface area (Å²) in [7, 11) is 2.47. The summed E-state index contributed by atoms with van der Waals surface area (Å²) in [5, 5.41) is 0. The molecule has 7 heteroatoms. The third-order valence-electron chi connectivity index (χ3n) is 2.70. The van der Waals surface area contributed by atoms with E-state index in [0.29, 0.717) is 13.2 Å². The van der Waals surface area contributed by atoms with Crippen LogP contribution < -0.4 is 0 Å². The molecule has 1 fully saturated rings. The number of rotatable bonds is 9. The maximum atomic E-state index is 5.56. The van der Waals surface area contributed by atoms with Gasteiger partial charge in [0, 0.05) is 39.7 Å². The highest BCUT2D eigenvalue weighted by Gasteiger charge is 2.36. The van der Waals surface area contributed by atoms with Gasteiger partial charge in [-0.3, -0.25) is 0 Å². The van der Waals surface area contributed by atoms with Gasteiger partial charge < -0.3 is 22.8 Å². The van der Waals surface area contributed by atoms with Crippen LogP contribution in [0.2, 0.25) is 6.04 Å². The summed E-state index contributed by atoms with van der Waals surface area (Å²) in [5.41, 5.74) is 0. The SMILES string of the molecule is CO[Si](CCCOCC1CSCO1)(OC)OC. The molecule has 0 aromatic carbocycles.